The molecule has 0 unspecified atom stereocenters. The van der Waals surface area contributed by atoms with E-state index in [-0.39, 0.29) is 54.5 Å². The molecule has 3 fully saturated rings. The Kier molecular flexibility index (Phi) is 9.34. The quantitative estimate of drug-likeness (QED) is 0.196. The van der Waals surface area contributed by atoms with Gasteiger partial charge in [-0.3, -0.25) is 28.4 Å². The number of pyridine rings is 1. The van der Waals surface area contributed by atoms with Gasteiger partial charge in [0.05, 0.1) is 65.4 Å². The molecule has 5 aromatic heterocycles. The molecule has 1 N–H and O–H groups in total. The third kappa shape index (κ3) is 6.20. The van der Waals surface area contributed by atoms with Crippen LogP contribution in [0.1, 0.15) is 102 Å². The maximum absolute atomic E-state index is 16.5. The van der Waals surface area contributed by atoms with Crippen molar-refractivity contribution in [3.8, 4) is 17.2 Å². The zero-order valence-electron chi connectivity index (χ0n) is 38.8. The SMILES string of the molecule is Cc1cc(-n2nc3c(c2-n2ccn(-c4ccc5c(c4F)CN(C)N5C)c2=O)[C@@H]2COC[C@H](C3)N2C(=O)c2cc3cc([C@H]4CCOC(C)(C)C4)ncc3n2[C@@]2(c3noc(=O)[nH]3)C[C@@H]2C)cc(C)c1F. The zero-order chi connectivity index (χ0) is 47.3. The van der Waals surface area contributed by atoms with E-state index in [1.807, 2.05) is 52.8 Å². The highest BCUT2D eigenvalue weighted by molar-refractivity contribution is 6.00. The second-order valence-corrected chi connectivity index (χ2v) is 20.0. The standard InChI is InChI=1S/C49H51F2N11O6/c1-25-14-30(15-26(2)41(25)50)62-43(59-12-11-58(47(59)65)36-9-8-35-32(42(36)51)22-56(6)57(35)7)40-34(54-62)18-31-23-66-24-39(40)60(31)44(63)37-17-29-16-33(28-10-13-67-48(4,5)20-28)52-21-38(29)61(37)49(19-27(49)3)45-53-46(64)68-55-45/h8-9,11-12,14-17,21,27-28,31,39H,10,13,18-20,22-24H2,1-7H3,(H,53,55,64)/t27-,28-,31-,39-,49-/m0/s1. The van der Waals surface area contributed by atoms with Gasteiger partial charge in [-0.1, -0.05) is 12.1 Å². The Morgan fingerprint density at radius 1 is 0.956 bits per heavy atom. The first-order valence-corrected chi connectivity index (χ1v) is 23.1. The normalized spacial score (nSPS) is 24.2. The van der Waals surface area contributed by atoms with Crippen LogP contribution in [0.5, 0.6) is 0 Å². The number of carbonyl (C=O) groups excluding carboxylic acids is 1. The monoisotopic (exact) mass is 927 g/mol. The highest BCUT2D eigenvalue weighted by atomic mass is 19.1. The molecular weight excluding hydrogens is 877 g/mol. The molecule has 1 aliphatic carbocycles. The summed E-state index contributed by atoms with van der Waals surface area (Å²) in [5, 5.41) is 13.9. The van der Waals surface area contributed by atoms with E-state index in [1.165, 1.54) is 15.3 Å². The number of aromatic amines is 1. The third-order valence-corrected chi connectivity index (χ3v) is 15.2. The van der Waals surface area contributed by atoms with Gasteiger partial charge < -0.3 is 23.9 Å². The molecule has 5 atom stereocenters. The number of aromatic nitrogens is 8. The highest BCUT2D eigenvalue weighted by Gasteiger charge is 2.59. The second kappa shape index (κ2) is 14.9. The molecule has 1 saturated carbocycles. The number of nitrogens with zero attached hydrogens (tertiary/aromatic N) is 10. The largest absolute Gasteiger partial charge is 0.438 e. The first kappa shape index (κ1) is 42.6. The van der Waals surface area contributed by atoms with Gasteiger partial charge in [-0.15, -0.1) is 0 Å². The van der Waals surface area contributed by atoms with Crippen LogP contribution in [0.15, 0.2) is 69.1 Å². The van der Waals surface area contributed by atoms with Gasteiger partial charge in [0, 0.05) is 74.2 Å². The number of hydrazine groups is 1. The van der Waals surface area contributed by atoms with E-state index in [9.17, 15) is 9.59 Å². The van der Waals surface area contributed by atoms with E-state index in [4.69, 9.17) is 24.1 Å². The number of morpholine rings is 1. The lowest BCUT2D eigenvalue weighted by atomic mass is 9.86. The molecule has 2 bridgehead atoms. The van der Waals surface area contributed by atoms with Gasteiger partial charge in [-0.2, -0.15) is 5.10 Å². The maximum atomic E-state index is 16.5. The summed E-state index contributed by atoms with van der Waals surface area (Å²) in [5.41, 5.74) is 3.97. The Labute approximate surface area is 388 Å². The van der Waals surface area contributed by atoms with E-state index in [0.29, 0.717) is 81.7 Å². The van der Waals surface area contributed by atoms with Crippen LogP contribution < -0.4 is 16.5 Å². The minimum atomic E-state index is -0.919. The summed E-state index contributed by atoms with van der Waals surface area (Å²) >= 11 is 0. The van der Waals surface area contributed by atoms with Crippen LogP contribution in [0, 0.1) is 31.4 Å². The summed E-state index contributed by atoms with van der Waals surface area (Å²) in [7, 11) is 3.72. The van der Waals surface area contributed by atoms with Crippen molar-refractivity contribution >= 4 is 22.5 Å². The number of amides is 1. The molecule has 68 heavy (non-hydrogen) atoms. The number of fused-ring (bicyclic) bond motifs is 6. The van der Waals surface area contributed by atoms with Gasteiger partial charge in [0.25, 0.3) is 5.91 Å². The first-order chi connectivity index (χ1) is 32.5. The van der Waals surface area contributed by atoms with Gasteiger partial charge in [0.2, 0.25) is 0 Å². The van der Waals surface area contributed by atoms with Crippen molar-refractivity contribution in [1.82, 2.24) is 48.5 Å². The molecule has 9 heterocycles. The predicted octanol–water partition coefficient (Wildman–Crippen LogP) is 6.13. The number of H-pyrrole nitrogens is 1. The van der Waals surface area contributed by atoms with Crippen LogP contribution in [-0.2, 0) is 28.0 Å². The van der Waals surface area contributed by atoms with Crippen LogP contribution in [0.25, 0.3) is 28.1 Å². The van der Waals surface area contributed by atoms with Gasteiger partial charge in [-0.05, 0) is 100 Å². The van der Waals surface area contributed by atoms with Crippen LogP contribution in [0.3, 0.4) is 0 Å². The number of halogens is 2. The number of nitrogens with one attached hydrogen (secondary N) is 1. The summed E-state index contributed by atoms with van der Waals surface area (Å²) in [6.45, 7) is 10.8. The van der Waals surface area contributed by atoms with Crippen molar-refractivity contribution in [1.29, 1.82) is 0 Å². The smallest absolute Gasteiger partial charge is 0.377 e. The average molecular weight is 928 g/mol. The van der Waals surface area contributed by atoms with Crippen molar-refractivity contribution < 1.29 is 27.6 Å². The molecule has 0 radical (unpaired) electrons. The molecule has 7 aromatic rings. The van der Waals surface area contributed by atoms with Crippen LogP contribution >= 0.6 is 0 Å². The number of aryl methyl sites for hydroxylation is 2. The Bertz CT molecular complexity index is 3360. The first-order valence-electron chi connectivity index (χ1n) is 23.1. The number of anilines is 1. The summed E-state index contributed by atoms with van der Waals surface area (Å²) in [6.07, 6.45) is 7.36. The molecular formula is C49H51F2N11O6. The van der Waals surface area contributed by atoms with Crippen molar-refractivity contribution in [2.24, 2.45) is 5.92 Å². The maximum Gasteiger partial charge on any atom is 0.438 e. The number of imidazole rings is 1. The molecule has 2 saturated heterocycles. The number of carbonyl (C=O) groups is 1. The number of ether oxygens (including phenoxy) is 2. The van der Waals surface area contributed by atoms with E-state index >= 15 is 13.6 Å². The van der Waals surface area contributed by atoms with Crippen molar-refractivity contribution in [2.75, 3.05) is 38.9 Å². The van der Waals surface area contributed by atoms with Crippen LogP contribution in [-0.4, -0.2) is 100.0 Å². The van der Waals surface area contributed by atoms with Gasteiger partial charge >= 0.3 is 11.4 Å². The Morgan fingerprint density at radius 3 is 2.43 bits per heavy atom. The van der Waals surface area contributed by atoms with E-state index < -0.39 is 34.9 Å². The Hall–Kier alpha value is -6.70. The zero-order valence-corrected chi connectivity index (χ0v) is 38.8. The molecule has 4 aliphatic heterocycles. The summed E-state index contributed by atoms with van der Waals surface area (Å²) in [4.78, 5) is 52.9. The second-order valence-electron chi connectivity index (χ2n) is 20.0. The molecule has 5 aliphatic rings. The molecule has 19 heteroatoms. The number of rotatable bonds is 7. The Balaban J connectivity index is 1.02. The fourth-order valence-electron chi connectivity index (χ4n) is 11.7. The topological polar surface area (TPSA) is 167 Å². The fourth-order valence-corrected chi connectivity index (χ4v) is 11.7. The number of hydrogen-bond donors (Lipinski definition) is 1. The molecule has 352 valence electrons. The third-order valence-electron chi connectivity index (χ3n) is 15.2. The molecule has 17 nitrogen and oxygen atoms in total. The number of benzene rings is 2. The van der Waals surface area contributed by atoms with Crippen molar-refractivity contribution in [2.45, 2.75) is 96.0 Å². The average Bonchev–Trinajstić information content (AvgIpc) is 3.89. The van der Waals surface area contributed by atoms with Crippen molar-refractivity contribution in [3.05, 3.63) is 133 Å². The summed E-state index contributed by atoms with van der Waals surface area (Å²) in [5.74, 6) is -1.11. The van der Waals surface area contributed by atoms with Gasteiger partial charge in [0.1, 0.15) is 22.9 Å². The van der Waals surface area contributed by atoms with Crippen molar-refractivity contribution in [3.63, 3.8) is 0 Å². The van der Waals surface area contributed by atoms with Gasteiger partial charge in [-0.25, -0.2) is 28.1 Å². The summed E-state index contributed by atoms with van der Waals surface area (Å²) < 4.78 is 55.4. The molecule has 0 spiro atoms. The lowest BCUT2D eigenvalue weighted by molar-refractivity contribution is -0.0597. The minimum absolute atomic E-state index is 0.0437. The number of hydrogen-bond acceptors (Lipinski definition) is 11. The lowest BCUT2D eigenvalue weighted by Gasteiger charge is -2.45. The predicted molar refractivity (Wildman–Crippen MR) is 245 cm³/mol. The summed E-state index contributed by atoms with van der Waals surface area (Å²) in [6, 6.07) is 9.50. The highest BCUT2D eigenvalue weighted by Crippen LogP contribution is 2.56. The van der Waals surface area contributed by atoms with Crippen LogP contribution in [0.2, 0.25) is 0 Å². The van der Waals surface area contributed by atoms with E-state index in [1.54, 1.807) is 49.0 Å². The molecule has 1 amide bonds. The molecule has 12 rings (SSSR count). The van der Waals surface area contributed by atoms with Gasteiger partial charge in [0.15, 0.2) is 11.6 Å². The fraction of sp³-hybridized carbons (Fsp3) is 0.429. The van der Waals surface area contributed by atoms with E-state index in [0.717, 1.165) is 23.9 Å². The van der Waals surface area contributed by atoms with E-state index in [2.05, 4.69) is 30.1 Å². The Morgan fingerprint density at radius 2 is 1.71 bits per heavy atom. The lowest BCUT2D eigenvalue weighted by Crippen LogP contribution is -2.55. The minimum Gasteiger partial charge on any atom is -0.377 e. The van der Waals surface area contributed by atoms with Crippen LogP contribution in [0.4, 0.5) is 14.5 Å². The molecule has 2 aromatic carbocycles.